The predicted octanol–water partition coefficient (Wildman–Crippen LogP) is 0.445. The van der Waals surface area contributed by atoms with Crippen molar-refractivity contribution < 1.29 is 9.59 Å². The fourth-order valence-corrected chi connectivity index (χ4v) is 3.22. The minimum Gasteiger partial charge on any atom is -0.355 e. The summed E-state index contributed by atoms with van der Waals surface area (Å²) < 4.78 is 1.13. The number of nitrogens with zero attached hydrogens (tertiary/aromatic N) is 3. The Morgan fingerprint density at radius 2 is 2.07 bits per heavy atom. The highest BCUT2D eigenvalue weighted by Gasteiger charge is 2.36. The molecular weight excluding hydrogens is 346 g/mol. The lowest BCUT2D eigenvalue weighted by Gasteiger charge is -2.22. The van der Waals surface area contributed by atoms with Crippen LogP contribution in [0.3, 0.4) is 0 Å². The van der Waals surface area contributed by atoms with Crippen LogP contribution in [-0.4, -0.2) is 58.2 Å². The average molecular weight is 375 g/mol. The molecular formula is C19H29N5O3. The average Bonchev–Trinajstić information content (AvgIpc) is 3.00. The molecule has 1 aromatic heterocycles. The molecule has 2 rings (SSSR count). The van der Waals surface area contributed by atoms with E-state index in [2.05, 4.69) is 40.6 Å². The Morgan fingerprint density at radius 3 is 2.70 bits per heavy atom. The normalized spacial score (nSPS) is 19.6. The lowest BCUT2D eigenvalue weighted by molar-refractivity contribution is -0.125. The number of allylic oxidation sites excluding steroid dienone is 1. The molecule has 0 saturated carbocycles. The highest BCUT2D eigenvalue weighted by atomic mass is 16.2. The predicted molar refractivity (Wildman–Crippen MR) is 103 cm³/mol. The molecule has 27 heavy (non-hydrogen) atoms. The van der Waals surface area contributed by atoms with Gasteiger partial charge in [-0.15, -0.1) is 0 Å². The van der Waals surface area contributed by atoms with Crippen molar-refractivity contribution in [2.45, 2.75) is 45.7 Å². The van der Waals surface area contributed by atoms with Gasteiger partial charge in [0.15, 0.2) is 0 Å². The molecule has 0 aliphatic carbocycles. The van der Waals surface area contributed by atoms with Gasteiger partial charge in [0.25, 0.3) is 11.5 Å². The summed E-state index contributed by atoms with van der Waals surface area (Å²) in [6.45, 7) is 7.94. The molecule has 1 aromatic rings. The molecule has 1 aliphatic heterocycles. The highest BCUT2D eigenvalue weighted by molar-refractivity contribution is 5.92. The van der Waals surface area contributed by atoms with E-state index in [-0.39, 0.29) is 35.2 Å². The highest BCUT2D eigenvalue weighted by Crippen LogP contribution is 2.19. The summed E-state index contributed by atoms with van der Waals surface area (Å²) in [6.07, 6.45) is 3.56. The number of aromatic nitrogens is 2. The molecule has 2 heterocycles. The molecule has 0 aromatic carbocycles. The van der Waals surface area contributed by atoms with Gasteiger partial charge in [0.05, 0.1) is 6.04 Å². The zero-order valence-electron chi connectivity index (χ0n) is 16.5. The standard InChI is InChI=1S/C19H29N5O3/c1-5-20-19(27)16-11-14(12-24(16)10-6-7-13(2)3)21-18(26)15-8-9-17(25)23(4)22-15/h7-9,14,16H,5-6,10-12H2,1-4H3,(H,20,27)(H,21,26). The van der Waals surface area contributed by atoms with Crippen molar-refractivity contribution >= 4 is 11.8 Å². The summed E-state index contributed by atoms with van der Waals surface area (Å²) in [5.74, 6) is -0.344. The molecule has 0 spiro atoms. The maximum atomic E-state index is 12.5. The number of likely N-dealkylation sites (tertiary alicyclic amines) is 1. The Balaban J connectivity index is 2.05. The molecule has 1 fully saturated rings. The van der Waals surface area contributed by atoms with Gasteiger partial charge in [0.2, 0.25) is 5.91 Å². The van der Waals surface area contributed by atoms with Crippen LogP contribution in [0.15, 0.2) is 28.6 Å². The Hall–Kier alpha value is -2.48. The van der Waals surface area contributed by atoms with E-state index in [1.165, 1.54) is 24.8 Å². The van der Waals surface area contributed by atoms with Crippen molar-refractivity contribution in [1.82, 2.24) is 25.3 Å². The number of carbonyl (C=O) groups excluding carboxylic acids is 2. The van der Waals surface area contributed by atoms with Crippen LogP contribution in [-0.2, 0) is 11.8 Å². The van der Waals surface area contributed by atoms with Crippen molar-refractivity contribution in [3.8, 4) is 0 Å². The number of likely N-dealkylation sites (N-methyl/N-ethyl adjacent to an activating group) is 1. The first-order chi connectivity index (χ1) is 12.8. The lowest BCUT2D eigenvalue weighted by Crippen LogP contribution is -2.43. The van der Waals surface area contributed by atoms with E-state index in [0.29, 0.717) is 19.5 Å². The van der Waals surface area contributed by atoms with Gasteiger partial charge in [0, 0.05) is 38.8 Å². The first-order valence-corrected chi connectivity index (χ1v) is 9.32. The second-order valence-electron chi connectivity index (χ2n) is 7.06. The fraction of sp³-hybridized carbons (Fsp3) is 0.579. The molecule has 2 unspecified atom stereocenters. The molecule has 0 bridgehead atoms. The summed E-state index contributed by atoms with van der Waals surface area (Å²) in [7, 11) is 1.50. The smallest absolute Gasteiger partial charge is 0.271 e. The SMILES string of the molecule is CCNC(=O)C1CC(NC(=O)c2ccc(=O)n(C)n2)CN1CCC=C(C)C. The molecule has 148 valence electrons. The number of hydrogen-bond acceptors (Lipinski definition) is 5. The second kappa shape index (κ2) is 9.45. The minimum atomic E-state index is -0.337. The molecule has 8 nitrogen and oxygen atoms in total. The minimum absolute atomic E-state index is 0.00770. The topological polar surface area (TPSA) is 96.3 Å². The van der Waals surface area contributed by atoms with Crippen LogP contribution in [0, 0.1) is 0 Å². The molecule has 1 aliphatic rings. The third-order valence-electron chi connectivity index (χ3n) is 4.55. The first-order valence-electron chi connectivity index (χ1n) is 9.32. The van der Waals surface area contributed by atoms with Crippen molar-refractivity contribution in [2.75, 3.05) is 19.6 Å². The van der Waals surface area contributed by atoms with Gasteiger partial charge in [0.1, 0.15) is 5.69 Å². The maximum Gasteiger partial charge on any atom is 0.271 e. The lowest BCUT2D eigenvalue weighted by atomic mass is 10.1. The van der Waals surface area contributed by atoms with Gasteiger partial charge in [-0.25, -0.2) is 4.68 Å². The number of amides is 2. The molecule has 0 radical (unpaired) electrons. The third-order valence-corrected chi connectivity index (χ3v) is 4.55. The van der Waals surface area contributed by atoms with Gasteiger partial charge in [-0.2, -0.15) is 5.10 Å². The van der Waals surface area contributed by atoms with Crippen LogP contribution in [0.5, 0.6) is 0 Å². The zero-order valence-corrected chi connectivity index (χ0v) is 16.5. The van der Waals surface area contributed by atoms with Gasteiger partial charge in [-0.3, -0.25) is 19.3 Å². The molecule has 8 heteroatoms. The van der Waals surface area contributed by atoms with Crippen LogP contribution >= 0.6 is 0 Å². The van der Waals surface area contributed by atoms with Crippen molar-refractivity contribution in [2.24, 2.45) is 7.05 Å². The third kappa shape index (κ3) is 5.75. The van der Waals surface area contributed by atoms with Crippen molar-refractivity contribution in [3.05, 3.63) is 39.8 Å². The second-order valence-corrected chi connectivity index (χ2v) is 7.06. The van der Waals surface area contributed by atoms with E-state index in [1.807, 2.05) is 6.92 Å². The van der Waals surface area contributed by atoms with Gasteiger partial charge < -0.3 is 10.6 Å². The Labute approximate surface area is 159 Å². The number of nitrogens with one attached hydrogen (secondary N) is 2. The number of hydrogen-bond donors (Lipinski definition) is 2. The monoisotopic (exact) mass is 375 g/mol. The van der Waals surface area contributed by atoms with E-state index in [0.717, 1.165) is 17.6 Å². The van der Waals surface area contributed by atoms with Gasteiger partial charge in [-0.1, -0.05) is 11.6 Å². The van der Waals surface area contributed by atoms with E-state index in [1.54, 1.807) is 0 Å². The molecule has 2 N–H and O–H groups in total. The van der Waals surface area contributed by atoms with Gasteiger partial charge in [-0.05, 0) is 39.7 Å². The number of aryl methyl sites for hydroxylation is 1. The van der Waals surface area contributed by atoms with E-state index in [9.17, 15) is 14.4 Å². The quantitative estimate of drug-likeness (QED) is 0.675. The summed E-state index contributed by atoms with van der Waals surface area (Å²) in [5, 5.41) is 9.80. The molecule has 2 amide bonds. The van der Waals surface area contributed by atoms with Crippen LogP contribution in [0.2, 0.25) is 0 Å². The fourth-order valence-electron chi connectivity index (χ4n) is 3.22. The number of rotatable bonds is 7. The Bertz CT molecular complexity index is 767. The largest absolute Gasteiger partial charge is 0.355 e. The summed E-state index contributed by atoms with van der Waals surface area (Å²) in [5.41, 5.74) is 1.16. The van der Waals surface area contributed by atoms with E-state index in [4.69, 9.17) is 0 Å². The Kier molecular flexibility index (Phi) is 7.29. The number of carbonyl (C=O) groups is 2. The zero-order chi connectivity index (χ0) is 20.0. The van der Waals surface area contributed by atoms with E-state index >= 15 is 0 Å². The van der Waals surface area contributed by atoms with Gasteiger partial charge >= 0.3 is 0 Å². The maximum absolute atomic E-state index is 12.5. The first kappa shape index (κ1) is 20.8. The van der Waals surface area contributed by atoms with Crippen molar-refractivity contribution in [3.63, 3.8) is 0 Å². The molecule has 2 atom stereocenters. The van der Waals surface area contributed by atoms with Crippen LogP contribution < -0.4 is 16.2 Å². The van der Waals surface area contributed by atoms with Crippen molar-refractivity contribution in [1.29, 1.82) is 0 Å². The van der Waals surface area contributed by atoms with Crippen LogP contribution in [0.25, 0.3) is 0 Å². The Morgan fingerprint density at radius 1 is 1.33 bits per heavy atom. The van der Waals surface area contributed by atoms with Crippen LogP contribution in [0.1, 0.15) is 44.1 Å². The van der Waals surface area contributed by atoms with E-state index < -0.39 is 0 Å². The van der Waals surface area contributed by atoms with Crippen LogP contribution in [0.4, 0.5) is 0 Å². The summed E-state index contributed by atoms with van der Waals surface area (Å²) in [6, 6.07) is 2.34. The summed E-state index contributed by atoms with van der Waals surface area (Å²) in [4.78, 5) is 38.4. The summed E-state index contributed by atoms with van der Waals surface area (Å²) >= 11 is 0. The molecule has 1 saturated heterocycles.